The number of hydrogen-bond donors (Lipinski definition) is 2. The molecule has 0 bridgehead atoms. The molecule has 6 heteroatoms. The fraction of sp³-hybridized carbons (Fsp3) is 0.778. The predicted molar refractivity (Wildman–Crippen MR) is 94.9 cm³/mol. The third-order valence-electron chi connectivity index (χ3n) is 5.41. The summed E-state index contributed by atoms with van der Waals surface area (Å²) in [5.74, 6) is 0.107. The monoisotopic (exact) mass is 333 g/mol. The van der Waals surface area contributed by atoms with E-state index in [1.165, 1.54) is 12.8 Å². The van der Waals surface area contributed by atoms with Crippen LogP contribution in [0, 0.1) is 6.92 Å². The Morgan fingerprint density at radius 2 is 2.00 bits per heavy atom. The summed E-state index contributed by atoms with van der Waals surface area (Å²) in [4.78, 5) is 14.8. The summed E-state index contributed by atoms with van der Waals surface area (Å²) in [5, 5.41) is 10.9. The zero-order valence-electron chi connectivity index (χ0n) is 15.2. The van der Waals surface area contributed by atoms with Crippen LogP contribution in [0.3, 0.4) is 0 Å². The van der Waals surface area contributed by atoms with Gasteiger partial charge in [-0.15, -0.1) is 0 Å². The SMILES string of the molecule is Cc1cnn(C(C)C(C)NCC(=O)NC2CCN(C3CC3)CC2)c1. The van der Waals surface area contributed by atoms with E-state index in [9.17, 15) is 4.79 Å². The molecule has 0 aromatic carbocycles. The summed E-state index contributed by atoms with van der Waals surface area (Å²) in [6.07, 6.45) is 8.81. The smallest absolute Gasteiger partial charge is 0.234 e. The summed E-state index contributed by atoms with van der Waals surface area (Å²) in [6, 6.07) is 1.59. The lowest BCUT2D eigenvalue weighted by atomic mass is 10.0. The summed E-state index contributed by atoms with van der Waals surface area (Å²) in [5.41, 5.74) is 1.16. The lowest BCUT2D eigenvalue weighted by Crippen LogP contribution is -2.48. The van der Waals surface area contributed by atoms with Crippen molar-refractivity contribution in [2.24, 2.45) is 0 Å². The number of aryl methyl sites for hydroxylation is 1. The van der Waals surface area contributed by atoms with Gasteiger partial charge in [0.05, 0.1) is 18.8 Å². The van der Waals surface area contributed by atoms with Gasteiger partial charge < -0.3 is 15.5 Å². The topological polar surface area (TPSA) is 62.2 Å². The molecule has 2 N–H and O–H groups in total. The van der Waals surface area contributed by atoms with Crippen LogP contribution in [-0.2, 0) is 4.79 Å². The van der Waals surface area contributed by atoms with Crippen molar-refractivity contribution in [1.29, 1.82) is 0 Å². The van der Waals surface area contributed by atoms with Gasteiger partial charge >= 0.3 is 0 Å². The molecule has 1 aromatic heterocycles. The molecule has 0 spiro atoms. The molecule has 1 amide bonds. The van der Waals surface area contributed by atoms with E-state index in [0.29, 0.717) is 12.6 Å². The van der Waals surface area contributed by atoms with E-state index in [1.807, 2.05) is 24.0 Å². The second kappa shape index (κ2) is 7.66. The number of likely N-dealkylation sites (tertiary alicyclic amines) is 1. The lowest BCUT2D eigenvalue weighted by Gasteiger charge is -2.32. The Hall–Kier alpha value is -1.40. The van der Waals surface area contributed by atoms with Crippen LogP contribution in [0.2, 0.25) is 0 Å². The summed E-state index contributed by atoms with van der Waals surface area (Å²) in [6.45, 7) is 8.90. The van der Waals surface area contributed by atoms with Gasteiger partial charge in [0.1, 0.15) is 0 Å². The number of piperidine rings is 1. The number of carbonyl (C=O) groups is 1. The van der Waals surface area contributed by atoms with Gasteiger partial charge in [-0.05, 0) is 52.0 Å². The Balaban J connectivity index is 1.36. The van der Waals surface area contributed by atoms with Crippen molar-refractivity contribution in [3.05, 3.63) is 18.0 Å². The van der Waals surface area contributed by atoms with Crippen molar-refractivity contribution < 1.29 is 4.79 Å². The first-order valence-corrected chi connectivity index (χ1v) is 9.30. The molecule has 0 radical (unpaired) electrons. The number of hydrogen-bond acceptors (Lipinski definition) is 4. The minimum Gasteiger partial charge on any atom is -0.352 e. The van der Waals surface area contributed by atoms with E-state index in [4.69, 9.17) is 0 Å². The summed E-state index contributed by atoms with van der Waals surface area (Å²) >= 11 is 0. The zero-order valence-corrected chi connectivity index (χ0v) is 15.2. The highest BCUT2D eigenvalue weighted by molar-refractivity contribution is 5.78. The van der Waals surface area contributed by atoms with Crippen molar-refractivity contribution in [1.82, 2.24) is 25.3 Å². The molecule has 2 heterocycles. The average molecular weight is 333 g/mol. The van der Waals surface area contributed by atoms with Crippen molar-refractivity contribution >= 4 is 5.91 Å². The molecular weight excluding hydrogens is 302 g/mol. The number of nitrogens with zero attached hydrogens (tertiary/aromatic N) is 3. The van der Waals surface area contributed by atoms with Gasteiger partial charge in [0.25, 0.3) is 0 Å². The van der Waals surface area contributed by atoms with Gasteiger partial charge in [0.15, 0.2) is 0 Å². The van der Waals surface area contributed by atoms with E-state index in [1.54, 1.807) is 0 Å². The van der Waals surface area contributed by atoms with E-state index in [-0.39, 0.29) is 18.0 Å². The van der Waals surface area contributed by atoms with Crippen LogP contribution in [0.15, 0.2) is 12.4 Å². The van der Waals surface area contributed by atoms with Crippen molar-refractivity contribution in [2.75, 3.05) is 19.6 Å². The molecule has 1 saturated carbocycles. The Morgan fingerprint density at radius 1 is 1.29 bits per heavy atom. The average Bonchev–Trinajstić information content (AvgIpc) is 3.34. The molecule has 1 aromatic rings. The fourth-order valence-corrected chi connectivity index (χ4v) is 3.44. The van der Waals surface area contributed by atoms with Crippen molar-refractivity contribution in [2.45, 2.75) is 70.6 Å². The number of carbonyl (C=O) groups excluding carboxylic acids is 1. The molecule has 2 aliphatic rings. The van der Waals surface area contributed by atoms with E-state index >= 15 is 0 Å². The van der Waals surface area contributed by atoms with Crippen LogP contribution in [0.5, 0.6) is 0 Å². The molecule has 6 nitrogen and oxygen atoms in total. The second-order valence-electron chi connectivity index (χ2n) is 7.52. The minimum absolute atomic E-state index is 0.107. The van der Waals surface area contributed by atoms with Crippen molar-refractivity contribution in [3.8, 4) is 0 Å². The van der Waals surface area contributed by atoms with Crippen LogP contribution in [-0.4, -0.2) is 58.3 Å². The maximum absolute atomic E-state index is 12.2. The number of nitrogens with one attached hydrogen (secondary N) is 2. The van der Waals surface area contributed by atoms with Crippen LogP contribution in [0.4, 0.5) is 0 Å². The van der Waals surface area contributed by atoms with Crippen LogP contribution < -0.4 is 10.6 Å². The van der Waals surface area contributed by atoms with Crippen LogP contribution in [0.1, 0.15) is 51.1 Å². The quantitative estimate of drug-likeness (QED) is 0.793. The minimum atomic E-state index is 0.107. The highest BCUT2D eigenvalue weighted by Gasteiger charge is 2.32. The number of rotatable bonds is 7. The van der Waals surface area contributed by atoms with Gasteiger partial charge in [-0.3, -0.25) is 9.48 Å². The normalized spacial score (nSPS) is 22.3. The Kier molecular flexibility index (Phi) is 5.56. The third-order valence-corrected chi connectivity index (χ3v) is 5.41. The first kappa shape index (κ1) is 17.4. The molecule has 134 valence electrons. The molecular formula is C18H31N5O. The third kappa shape index (κ3) is 4.57. The fourth-order valence-electron chi connectivity index (χ4n) is 3.44. The number of amides is 1. The lowest BCUT2D eigenvalue weighted by molar-refractivity contribution is -0.121. The maximum atomic E-state index is 12.2. The highest BCUT2D eigenvalue weighted by atomic mass is 16.2. The first-order chi connectivity index (χ1) is 11.5. The van der Waals surface area contributed by atoms with E-state index in [2.05, 4.69) is 34.5 Å². The molecule has 2 atom stereocenters. The standard InChI is InChI=1S/C18H31N5O/c1-13-10-20-23(12-13)15(3)14(2)19-11-18(24)21-16-6-8-22(9-7-16)17-4-5-17/h10,12,14-17,19H,4-9,11H2,1-3H3,(H,21,24). The van der Waals surface area contributed by atoms with Gasteiger partial charge in [-0.1, -0.05) is 0 Å². The van der Waals surface area contributed by atoms with Gasteiger partial charge in [-0.2, -0.15) is 5.10 Å². The molecule has 1 aliphatic carbocycles. The van der Waals surface area contributed by atoms with E-state index < -0.39 is 0 Å². The molecule has 1 aliphatic heterocycles. The second-order valence-corrected chi connectivity index (χ2v) is 7.52. The Bertz CT molecular complexity index is 545. The van der Waals surface area contributed by atoms with Crippen molar-refractivity contribution in [3.63, 3.8) is 0 Å². The highest BCUT2D eigenvalue weighted by Crippen LogP contribution is 2.29. The Labute approximate surface area is 145 Å². The largest absolute Gasteiger partial charge is 0.352 e. The number of aromatic nitrogens is 2. The van der Waals surface area contributed by atoms with E-state index in [0.717, 1.165) is 37.5 Å². The maximum Gasteiger partial charge on any atom is 0.234 e. The molecule has 1 saturated heterocycles. The summed E-state index contributed by atoms with van der Waals surface area (Å²) in [7, 11) is 0. The van der Waals surface area contributed by atoms with Crippen LogP contribution >= 0.6 is 0 Å². The molecule has 2 fully saturated rings. The van der Waals surface area contributed by atoms with Gasteiger partial charge in [-0.25, -0.2) is 0 Å². The molecule has 2 unspecified atom stereocenters. The van der Waals surface area contributed by atoms with Gasteiger partial charge in [0.2, 0.25) is 5.91 Å². The van der Waals surface area contributed by atoms with Crippen LogP contribution in [0.25, 0.3) is 0 Å². The first-order valence-electron chi connectivity index (χ1n) is 9.30. The molecule has 24 heavy (non-hydrogen) atoms. The molecule has 3 rings (SSSR count). The van der Waals surface area contributed by atoms with Gasteiger partial charge in [0, 0.05) is 37.4 Å². The summed E-state index contributed by atoms with van der Waals surface area (Å²) < 4.78 is 1.96. The predicted octanol–water partition coefficient (Wildman–Crippen LogP) is 1.47. The Morgan fingerprint density at radius 3 is 2.58 bits per heavy atom. The zero-order chi connectivity index (χ0) is 17.1.